The number of esters is 1. The molecule has 0 aromatic heterocycles. The predicted molar refractivity (Wildman–Crippen MR) is 91.0 cm³/mol. The van der Waals surface area contributed by atoms with E-state index >= 15 is 0 Å². The first-order valence-corrected chi connectivity index (χ1v) is 7.77. The molecule has 0 aliphatic carbocycles. The lowest BCUT2D eigenvalue weighted by Gasteiger charge is -2.15. The van der Waals surface area contributed by atoms with E-state index in [1.54, 1.807) is 26.2 Å². The minimum Gasteiger partial charge on any atom is -0.497 e. The highest BCUT2D eigenvalue weighted by molar-refractivity contribution is 5.91. The maximum Gasteiger partial charge on any atom is 0.338 e. The second-order valence-corrected chi connectivity index (χ2v) is 5.60. The molecule has 0 spiro atoms. The first kappa shape index (κ1) is 18.4. The first-order valence-electron chi connectivity index (χ1n) is 7.77. The molecule has 2 aromatic rings. The molecule has 0 fully saturated rings. The van der Waals surface area contributed by atoms with Gasteiger partial charge in [-0.2, -0.15) is 0 Å². The van der Waals surface area contributed by atoms with Gasteiger partial charge in [0.15, 0.2) is 6.61 Å². The van der Waals surface area contributed by atoms with Crippen molar-refractivity contribution < 1.29 is 23.5 Å². The van der Waals surface area contributed by atoms with Crippen molar-refractivity contribution in [1.29, 1.82) is 0 Å². The van der Waals surface area contributed by atoms with Crippen molar-refractivity contribution in [2.45, 2.75) is 19.9 Å². The van der Waals surface area contributed by atoms with E-state index in [1.807, 2.05) is 19.1 Å². The number of carbonyl (C=O) groups is 2. The van der Waals surface area contributed by atoms with Gasteiger partial charge in [-0.25, -0.2) is 9.18 Å². The van der Waals surface area contributed by atoms with Gasteiger partial charge in [-0.15, -0.1) is 0 Å². The summed E-state index contributed by atoms with van der Waals surface area (Å²) in [7, 11) is 1.58. The molecule has 1 N–H and O–H groups in total. The molecule has 0 heterocycles. The van der Waals surface area contributed by atoms with Crippen LogP contribution in [0, 0.1) is 12.7 Å². The number of nitrogens with one attached hydrogen (secondary N) is 1. The molecule has 6 heteroatoms. The molecule has 0 aliphatic heterocycles. The Bertz CT molecular complexity index is 759. The molecule has 1 atom stereocenters. The zero-order valence-corrected chi connectivity index (χ0v) is 14.3. The number of methoxy groups -OCH3 is 1. The van der Waals surface area contributed by atoms with Gasteiger partial charge in [0, 0.05) is 0 Å². The molecule has 2 rings (SSSR count). The predicted octanol–water partition coefficient (Wildman–Crippen LogP) is 3.18. The van der Waals surface area contributed by atoms with Crippen LogP contribution in [0.4, 0.5) is 4.39 Å². The lowest BCUT2D eigenvalue weighted by Crippen LogP contribution is -2.31. The molecule has 0 aliphatic rings. The van der Waals surface area contributed by atoms with Crippen LogP contribution in [0.2, 0.25) is 0 Å². The average Bonchev–Trinajstić information content (AvgIpc) is 2.62. The number of ether oxygens (including phenoxy) is 2. The number of hydrogen-bond donors (Lipinski definition) is 1. The van der Waals surface area contributed by atoms with Gasteiger partial charge in [0.25, 0.3) is 5.91 Å². The van der Waals surface area contributed by atoms with E-state index < -0.39 is 24.3 Å². The van der Waals surface area contributed by atoms with Crippen LogP contribution < -0.4 is 10.1 Å². The smallest absolute Gasteiger partial charge is 0.338 e. The lowest BCUT2D eigenvalue weighted by molar-refractivity contribution is -0.124. The third-order valence-corrected chi connectivity index (χ3v) is 3.74. The Morgan fingerprint density at radius 2 is 1.84 bits per heavy atom. The fourth-order valence-corrected chi connectivity index (χ4v) is 2.19. The topological polar surface area (TPSA) is 64.6 Å². The summed E-state index contributed by atoms with van der Waals surface area (Å²) in [5.74, 6) is -0.955. The van der Waals surface area contributed by atoms with Gasteiger partial charge in [-0.05, 0) is 49.2 Å². The number of amides is 1. The molecule has 0 bridgehead atoms. The van der Waals surface area contributed by atoms with Crippen molar-refractivity contribution >= 4 is 11.9 Å². The van der Waals surface area contributed by atoms with Gasteiger partial charge in [0.2, 0.25) is 0 Å². The molecular formula is C19H20FNO4. The summed E-state index contributed by atoms with van der Waals surface area (Å²) >= 11 is 0. The van der Waals surface area contributed by atoms with Crippen molar-refractivity contribution in [2.75, 3.05) is 13.7 Å². The van der Waals surface area contributed by atoms with Crippen LogP contribution in [-0.4, -0.2) is 25.6 Å². The summed E-state index contributed by atoms with van der Waals surface area (Å²) in [6.07, 6.45) is 0. The van der Waals surface area contributed by atoms with Gasteiger partial charge >= 0.3 is 5.97 Å². The van der Waals surface area contributed by atoms with Crippen molar-refractivity contribution in [3.63, 3.8) is 0 Å². The van der Waals surface area contributed by atoms with Crippen molar-refractivity contribution in [3.05, 3.63) is 65.0 Å². The maximum absolute atomic E-state index is 13.5. The Hall–Kier alpha value is -2.89. The quantitative estimate of drug-likeness (QED) is 0.817. The fraction of sp³-hybridized carbons (Fsp3) is 0.263. The second-order valence-electron chi connectivity index (χ2n) is 5.60. The Kier molecular flexibility index (Phi) is 6.11. The highest BCUT2D eigenvalue weighted by atomic mass is 19.1. The van der Waals surface area contributed by atoms with Gasteiger partial charge in [-0.1, -0.05) is 18.2 Å². The number of halogens is 1. The van der Waals surface area contributed by atoms with Crippen LogP contribution in [0.1, 0.15) is 34.5 Å². The molecule has 0 unspecified atom stereocenters. The molecule has 1 amide bonds. The second kappa shape index (κ2) is 8.28. The summed E-state index contributed by atoms with van der Waals surface area (Å²) in [5, 5.41) is 2.73. The van der Waals surface area contributed by atoms with Gasteiger partial charge in [-0.3, -0.25) is 4.79 Å². The third-order valence-electron chi connectivity index (χ3n) is 3.74. The van der Waals surface area contributed by atoms with Gasteiger partial charge in [0.1, 0.15) is 11.6 Å². The van der Waals surface area contributed by atoms with E-state index in [4.69, 9.17) is 9.47 Å². The van der Waals surface area contributed by atoms with Gasteiger partial charge < -0.3 is 14.8 Å². The molecule has 0 saturated heterocycles. The number of carbonyl (C=O) groups excluding carboxylic acids is 2. The van der Waals surface area contributed by atoms with E-state index in [-0.39, 0.29) is 11.6 Å². The SMILES string of the molecule is COc1ccc([C@H](C)NC(=O)COC(=O)c2ccc(C)c(F)c2)cc1. The van der Waals surface area contributed by atoms with Crippen LogP contribution >= 0.6 is 0 Å². The first-order chi connectivity index (χ1) is 11.9. The number of benzene rings is 2. The van der Waals surface area contributed by atoms with E-state index in [0.717, 1.165) is 17.4 Å². The molecule has 0 radical (unpaired) electrons. The average molecular weight is 345 g/mol. The maximum atomic E-state index is 13.5. The van der Waals surface area contributed by atoms with E-state index in [0.29, 0.717) is 5.56 Å². The molecule has 2 aromatic carbocycles. The minimum absolute atomic E-state index is 0.0686. The summed E-state index contributed by atoms with van der Waals surface area (Å²) in [6, 6.07) is 11.0. The molecule has 25 heavy (non-hydrogen) atoms. The van der Waals surface area contributed by atoms with Crippen LogP contribution in [0.3, 0.4) is 0 Å². The molecule has 5 nitrogen and oxygen atoms in total. The number of rotatable bonds is 6. The molecular weight excluding hydrogens is 325 g/mol. The zero-order valence-electron chi connectivity index (χ0n) is 14.3. The van der Waals surface area contributed by atoms with E-state index in [1.165, 1.54) is 12.1 Å². The van der Waals surface area contributed by atoms with E-state index in [9.17, 15) is 14.0 Å². The fourth-order valence-electron chi connectivity index (χ4n) is 2.19. The Morgan fingerprint density at radius 1 is 1.16 bits per heavy atom. The van der Waals surface area contributed by atoms with Crippen molar-refractivity contribution in [3.8, 4) is 5.75 Å². The normalized spacial score (nSPS) is 11.5. The third kappa shape index (κ3) is 5.04. The standard InChI is InChI=1S/C19H20FNO4/c1-12-4-5-15(10-17(12)20)19(23)25-11-18(22)21-13(2)14-6-8-16(24-3)9-7-14/h4-10,13H,11H2,1-3H3,(H,21,22)/t13-/m0/s1. The highest BCUT2D eigenvalue weighted by Crippen LogP contribution is 2.17. The zero-order chi connectivity index (χ0) is 18.4. The summed E-state index contributed by atoms with van der Waals surface area (Å²) in [6.45, 7) is 2.98. The summed E-state index contributed by atoms with van der Waals surface area (Å²) < 4.78 is 23.5. The number of hydrogen-bond acceptors (Lipinski definition) is 4. The lowest BCUT2D eigenvalue weighted by atomic mass is 10.1. The monoisotopic (exact) mass is 345 g/mol. The Morgan fingerprint density at radius 3 is 2.44 bits per heavy atom. The molecule has 132 valence electrons. The van der Waals surface area contributed by atoms with Crippen LogP contribution in [0.15, 0.2) is 42.5 Å². The Balaban J connectivity index is 1.86. The van der Waals surface area contributed by atoms with Crippen LogP contribution in [0.25, 0.3) is 0 Å². The van der Waals surface area contributed by atoms with Crippen molar-refractivity contribution in [1.82, 2.24) is 5.32 Å². The minimum atomic E-state index is -0.744. The summed E-state index contributed by atoms with van der Waals surface area (Å²) in [5.41, 5.74) is 1.39. The summed E-state index contributed by atoms with van der Waals surface area (Å²) in [4.78, 5) is 23.8. The van der Waals surface area contributed by atoms with Crippen molar-refractivity contribution in [2.24, 2.45) is 0 Å². The largest absolute Gasteiger partial charge is 0.497 e. The van der Waals surface area contributed by atoms with Gasteiger partial charge in [0.05, 0.1) is 18.7 Å². The Labute approximate surface area is 145 Å². The molecule has 0 saturated carbocycles. The highest BCUT2D eigenvalue weighted by Gasteiger charge is 2.14. The number of aryl methyl sites for hydroxylation is 1. The van der Waals surface area contributed by atoms with Crippen LogP contribution in [-0.2, 0) is 9.53 Å². The van der Waals surface area contributed by atoms with Crippen LogP contribution in [0.5, 0.6) is 5.75 Å². The van der Waals surface area contributed by atoms with E-state index in [2.05, 4.69) is 5.32 Å².